The Hall–Kier alpha value is -0.980. The first kappa shape index (κ1) is 18.4. The lowest BCUT2D eigenvalue weighted by atomic mass is 10.2. The van der Waals surface area contributed by atoms with Crippen LogP contribution in [0.3, 0.4) is 0 Å². The van der Waals surface area contributed by atoms with Crippen molar-refractivity contribution < 1.29 is 9.53 Å². The molecule has 2 aromatic rings. The van der Waals surface area contributed by atoms with Gasteiger partial charge in [0.2, 0.25) is 0 Å². The molecule has 0 saturated carbocycles. The molecule has 0 aromatic heterocycles. The van der Waals surface area contributed by atoms with Gasteiger partial charge < -0.3 is 10.1 Å². The van der Waals surface area contributed by atoms with Crippen LogP contribution in [0.25, 0.3) is 0 Å². The minimum atomic E-state index is -0.268. The molecular formula is C17H16Cl2INO2. The van der Waals surface area contributed by atoms with E-state index < -0.39 is 0 Å². The molecule has 0 fully saturated rings. The van der Waals surface area contributed by atoms with E-state index in [1.54, 1.807) is 12.1 Å². The van der Waals surface area contributed by atoms with Crippen molar-refractivity contribution in [1.82, 2.24) is 0 Å². The number of rotatable bonds is 6. The molecule has 0 spiro atoms. The van der Waals surface area contributed by atoms with Crippen LogP contribution in [0, 0.1) is 3.57 Å². The molecule has 0 unspecified atom stereocenters. The van der Waals surface area contributed by atoms with Gasteiger partial charge in [0.05, 0.1) is 16.7 Å². The van der Waals surface area contributed by atoms with E-state index in [0.717, 1.165) is 16.4 Å². The molecule has 0 radical (unpaired) electrons. The standard InChI is InChI=1S/C17H16Cl2INO2/c1-2-3-8-23-16-14(18)9-11(10-15(16)19)17(22)21-13-6-4-12(20)5-7-13/h4-7,9-10H,2-3,8H2,1H3,(H,21,22). The van der Waals surface area contributed by atoms with E-state index in [2.05, 4.69) is 34.8 Å². The first-order chi connectivity index (χ1) is 11.0. The Morgan fingerprint density at radius 2 is 1.78 bits per heavy atom. The minimum absolute atomic E-state index is 0.268. The fraction of sp³-hybridized carbons (Fsp3) is 0.235. The van der Waals surface area contributed by atoms with Crippen LogP contribution >= 0.6 is 45.8 Å². The van der Waals surface area contributed by atoms with Crippen molar-refractivity contribution in [3.8, 4) is 5.75 Å². The fourth-order valence-corrected chi connectivity index (χ4v) is 2.84. The number of nitrogens with one attached hydrogen (secondary N) is 1. The Morgan fingerprint density at radius 3 is 2.35 bits per heavy atom. The number of anilines is 1. The van der Waals surface area contributed by atoms with Crippen LogP contribution in [0.15, 0.2) is 36.4 Å². The van der Waals surface area contributed by atoms with Crippen molar-refractivity contribution in [2.75, 3.05) is 11.9 Å². The van der Waals surface area contributed by atoms with Crippen molar-refractivity contribution in [2.24, 2.45) is 0 Å². The van der Waals surface area contributed by atoms with Gasteiger partial charge in [0, 0.05) is 14.8 Å². The second kappa shape index (κ2) is 8.76. The van der Waals surface area contributed by atoms with Crippen molar-refractivity contribution in [3.05, 3.63) is 55.6 Å². The highest BCUT2D eigenvalue weighted by Gasteiger charge is 2.14. The van der Waals surface area contributed by atoms with Gasteiger partial charge >= 0.3 is 0 Å². The molecular weight excluding hydrogens is 448 g/mol. The molecule has 0 saturated heterocycles. The van der Waals surface area contributed by atoms with Crippen LogP contribution < -0.4 is 10.1 Å². The zero-order chi connectivity index (χ0) is 16.8. The highest BCUT2D eigenvalue weighted by Crippen LogP contribution is 2.34. The van der Waals surface area contributed by atoms with E-state index in [1.165, 1.54) is 0 Å². The first-order valence-corrected chi connectivity index (χ1v) is 9.03. The van der Waals surface area contributed by atoms with Gasteiger partial charge in [-0.05, 0) is 65.4 Å². The van der Waals surface area contributed by atoms with Crippen molar-refractivity contribution >= 4 is 57.4 Å². The normalized spacial score (nSPS) is 10.4. The van der Waals surface area contributed by atoms with Gasteiger partial charge in [0.25, 0.3) is 5.91 Å². The third kappa shape index (κ3) is 5.26. The molecule has 3 nitrogen and oxygen atoms in total. The predicted octanol–water partition coefficient (Wildman–Crippen LogP) is 6.03. The lowest BCUT2D eigenvalue weighted by Crippen LogP contribution is -2.12. The summed E-state index contributed by atoms with van der Waals surface area (Å²) in [6.07, 6.45) is 1.94. The number of hydrogen-bond donors (Lipinski definition) is 1. The zero-order valence-corrected chi connectivity index (χ0v) is 16.2. The summed E-state index contributed by atoms with van der Waals surface area (Å²) in [7, 11) is 0. The van der Waals surface area contributed by atoms with Crippen LogP contribution in [0.5, 0.6) is 5.75 Å². The van der Waals surface area contributed by atoms with Gasteiger partial charge in [-0.2, -0.15) is 0 Å². The number of halogens is 3. The predicted molar refractivity (Wildman–Crippen MR) is 104 cm³/mol. The van der Waals surface area contributed by atoms with Gasteiger partial charge in [-0.1, -0.05) is 36.5 Å². The molecule has 0 aliphatic heterocycles. The van der Waals surface area contributed by atoms with E-state index in [0.29, 0.717) is 33.7 Å². The molecule has 2 rings (SSSR count). The van der Waals surface area contributed by atoms with Crippen molar-refractivity contribution in [3.63, 3.8) is 0 Å². The summed E-state index contributed by atoms with van der Waals surface area (Å²) in [6.45, 7) is 2.62. The Bertz CT molecular complexity index is 666. The van der Waals surface area contributed by atoms with Crippen LogP contribution in [0.4, 0.5) is 5.69 Å². The van der Waals surface area contributed by atoms with Gasteiger partial charge in [0.1, 0.15) is 0 Å². The van der Waals surface area contributed by atoms with Crippen LogP contribution in [-0.2, 0) is 0 Å². The highest BCUT2D eigenvalue weighted by atomic mass is 127. The second-order valence-corrected chi connectivity index (χ2v) is 6.99. The summed E-state index contributed by atoms with van der Waals surface area (Å²) < 4.78 is 6.68. The molecule has 6 heteroatoms. The van der Waals surface area contributed by atoms with Crippen molar-refractivity contribution in [1.29, 1.82) is 0 Å². The minimum Gasteiger partial charge on any atom is -0.490 e. The van der Waals surface area contributed by atoms with Crippen LogP contribution in [0.1, 0.15) is 30.1 Å². The number of ether oxygens (including phenoxy) is 1. The first-order valence-electron chi connectivity index (χ1n) is 7.20. The monoisotopic (exact) mass is 463 g/mol. The maximum absolute atomic E-state index is 12.3. The number of hydrogen-bond acceptors (Lipinski definition) is 2. The van der Waals surface area contributed by atoms with Gasteiger partial charge in [-0.25, -0.2) is 0 Å². The Morgan fingerprint density at radius 1 is 1.17 bits per heavy atom. The quantitative estimate of drug-likeness (QED) is 0.419. The summed E-state index contributed by atoms with van der Waals surface area (Å²) in [4.78, 5) is 12.3. The third-order valence-electron chi connectivity index (χ3n) is 3.11. The maximum Gasteiger partial charge on any atom is 0.255 e. The Balaban J connectivity index is 2.13. The fourth-order valence-electron chi connectivity index (χ4n) is 1.88. The van der Waals surface area contributed by atoms with Gasteiger partial charge in [-0.15, -0.1) is 0 Å². The molecule has 23 heavy (non-hydrogen) atoms. The highest BCUT2D eigenvalue weighted by molar-refractivity contribution is 14.1. The van der Waals surface area contributed by atoms with Gasteiger partial charge in [0.15, 0.2) is 5.75 Å². The molecule has 2 aromatic carbocycles. The van der Waals surface area contributed by atoms with E-state index in [1.807, 2.05) is 24.3 Å². The lowest BCUT2D eigenvalue weighted by molar-refractivity contribution is 0.102. The largest absolute Gasteiger partial charge is 0.490 e. The molecule has 0 bridgehead atoms. The molecule has 0 aliphatic rings. The van der Waals surface area contributed by atoms with E-state index in [-0.39, 0.29) is 5.91 Å². The van der Waals surface area contributed by atoms with E-state index >= 15 is 0 Å². The Labute approximate surface area is 159 Å². The molecule has 1 N–H and O–H groups in total. The maximum atomic E-state index is 12.3. The van der Waals surface area contributed by atoms with E-state index in [4.69, 9.17) is 27.9 Å². The lowest BCUT2D eigenvalue weighted by Gasteiger charge is -2.12. The van der Waals surface area contributed by atoms with Crippen molar-refractivity contribution in [2.45, 2.75) is 19.8 Å². The van der Waals surface area contributed by atoms with Gasteiger partial charge in [-0.3, -0.25) is 4.79 Å². The van der Waals surface area contributed by atoms with Crippen LogP contribution in [0.2, 0.25) is 10.0 Å². The number of amides is 1. The number of carbonyl (C=O) groups excluding carboxylic acids is 1. The molecule has 0 atom stereocenters. The summed E-state index contributed by atoms with van der Waals surface area (Å²) in [5.74, 6) is 0.155. The number of carbonyl (C=O) groups is 1. The average Bonchev–Trinajstić information content (AvgIpc) is 2.52. The summed E-state index contributed by atoms with van der Waals surface area (Å²) in [6, 6.07) is 10.6. The average molecular weight is 464 g/mol. The smallest absolute Gasteiger partial charge is 0.255 e. The molecule has 1 amide bonds. The summed E-state index contributed by atoms with van der Waals surface area (Å²) >= 11 is 14.6. The SMILES string of the molecule is CCCCOc1c(Cl)cc(C(=O)Nc2ccc(I)cc2)cc1Cl. The number of unbranched alkanes of at least 4 members (excludes halogenated alkanes) is 1. The van der Waals surface area contributed by atoms with E-state index in [9.17, 15) is 4.79 Å². The van der Waals surface area contributed by atoms with Crippen LogP contribution in [-0.4, -0.2) is 12.5 Å². The summed E-state index contributed by atoms with van der Waals surface area (Å²) in [5, 5.41) is 3.48. The number of benzene rings is 2. The summed E-state index contributed by atoms with van der Waals surface area (Å²) in [5.41, 5.74) is 1.10. The zero-order valence-electron chi connectivity index (χ0n) is 12.5. The molecule has 122 valence electrons. The second-order valence-electron chi connectivity index (χ2n) is 4.93. The third-order valence-corrected chi connectivity index (χ3v) is 4.39. The molecule has 0 aliphatic carbocycles. The Kier molecular flexibility index (Phi) is 6.99. The topological polar surface area (TPSA) is 38.3 Å². The molecule has 0 heterocycles.